The second-order valence-corrected chi connectivity index (χ2v) is 8.42. The Morgan fingerprint density at radius 2 is 1.97 bits per heavy atom. The topological polar surface area (TPSA) is 55.8 Å². The Kier molecular flexibility index (Phi) is 7.22. The van der Waals surface area contributed by atoms with Gasteiger partial charge in [-0.2, -0.15) is 0 Å². The standard InChI is InChI=1S/C25H29ClO4/c1-5-29-23-11-6-17(13-24(27)28)12-22(23)25-20(15(2)3)14-21(16(4)30-25)18-7-9-19(26)10-8-18/h6-12,16,20-21,25H,2,5,13-14H2,1,3-4H3,(H,27,28)/t16-,20+,21+,25-/m0/s1. The minimum atomic E-state index is -0.859. The molecule has 1 aliphatic rings. The monoisotopic (exact) mass is 428 g/mol. The lowest BCUT2D eigenvalue weighted by molar-refractivity contribution is -0.136. The Morgan fingerprint density at radius 3 is 2.57 bits per heavy atom. The van der Waals surface area contributed by atoms with Gasteiger partial charge in [0.15, 0.2) is 0 Å². The van der Waals surface area contributed by atoms with E-state index >= 15 is 0 Å². The first kappa shape index (κ1) is 22.4. The number of rotatable bonds is 7. The first-order valence-corrected chi connectivity index (χ1v) is 10.7. The minimum Gasteiger partial charge on any atom is -0.493 e. The van der Waals surface area contributed by atoms with Crippen LogP contribution in [-0.4, -0.2) is 23.8 Å². The number of carbonyl (C=O) groups is 1. The van der Waals surface area contributed by atoms with Crippen molar-refractivity contribution in [2.45, 2.75) is 51.7 Å². The third kappa shape index (κ3) is 5.05. The van der Waals surface area contributed by atoms with Gasteiger partial charge >= 0.3 is 5.97 Å². The molecule has 1 N–H and O–H groups in total. The first-order valence-electron chi connectivity index (χ1n) is 10.3. The Hall–Kier alpha value is -2.30. The number of aliphatic carboxylic acids is 1. The second kappa shape index (κ2) is 9.67. The van der Waals surface area contributed by atoms with E-state index in [0.717, 1.165) is 28.9 Å². The smallest absolute Gasteiger partial charge is 0.307 e. The van der Waals surface area contributed by atoms with E-state index in [1.165, 1.54) is 5.56 Å². The summed E-state index contributed by atoms with van der Waals surface area (Å²) in [5.41, 5.74) is 3.86. The van der Waals surface area contributed by atoms with Crippen LogP contribution in [-0.2, 0) is 16.0 Å². The molecule has 0 saturated carbocycles. The fourth-order valence-electron chi connectivity index (χ4n) is 4.27. The summed E-state index contributed by atoms with van der Waals surface area (Å²) in [5.74, 6) is 0.182. The number of hydrogen-bond acceptors (Lipinski definition) is 3. The van der Waals surface area contributed by atoms with E-state index in [9.17, 15) is 9.90 Å². The number of carboxylic acid groups (broad SMARTS) is 1. The lowest BCUT2D eigenvalue weighted by Gasteiger charge is -2.42. The van der Waals surface area contributed by atoms with Gasteiger partial charge in [0.1, 0.15) is 5.75 Å². The van der Waals surface area contributed by atoms with Crippen molar-refractivity contribution in [2.75, 3.05) is 6.61 Å². The van der Waals surface area contributed by atoms with E-state index in [2.05, 4.69) is 25.6 Å². The number of halogens is 1. The van der Waals surface area contributed by atoms with Crippen molar-refractivity contribution < 1.29 is 19.4 Å². The average Bonchev–Trinajstić information content (AvgIpc) is 2.69. The van der Waals surface area contributed by atoms with E-state index in [1.807, 2.05) is 38.1 Å². The highest BCUT2D eigenvalue weighted by Gasteiger charge is 2.39. The maximum Gasteiger partial charge on any atom is 0.307 e. The Balaban J connectivity index is 1.97. The molecule has 0 aliphatic carbocycles. The van der Waals surface area contributed by atoms with Crippen molar-refractivity contribution in [3.8, 4) is 5.75 Å². The molecule has 4 nitrogen and oxygen atoms in total. The highest BCUT2D eigenvalue weighted by atomic mass is 35.5. The number of carboxylic acids is 1. The van der Waals surface area contributed by atoms with E-state index < -0.39 is 5.97 Å². The van der Waals surface area contributed by atoms with Crippen LogP contribution in [0.5, 0.6) is 5.75 Å². The summed E-state index contributed by atoms with van der Waals surface area (Å²) in [5, 5.41) is 9.93. The van der Waals surface area contributed by atoms with Gasteiger partial charge in [-0.25, -0.2) is 0 Å². The van der Waals surface area contributed by atoms with Crippen LogP contribution in [0.4, 0.5) is 0 Å². The number of ether oxygens (including phenoxy) is 2. The zero-order valence-corrected chi connectivity index (χ0v) is 18.5. The molecule has 2 aromatic rings. The molecule has 0 radical (unpaired) electrons. The molecule has 0 bridgehead atoms. The van der Waals surface area contributed by atoms with E-state index in [1.54, 1.807) is 6.07 Å². The molecule has 4 atom stereocenters. The van der Waals surface area contributed by atoms with Crippen LogP contribution in [0.1, 0.15) is 55.9 Å². The van der Waals surface area contributed by atoms with Crippen molar-refractivity contribution in [3.63, 3.8) is 0 Å². The lowest BCUT2D eigenvalue weighted by atomic mass is 9.75. The molecule has 5 heteroatoms. The Labute approximate surface area is 183 Å². The van der Waals surface area contributed by atoms with Crippen LogP contribution < -0.4 is 4.74 Å². The minimum absolute atomic E-state index is 0.0237. The predicted molar refractivity (Wildman–Crippen MR) is 119 cm³/mol. The van der Waals surface area contributed by atoms with Crippen molar-refractivity contribution in [2.24, 2.45) is 5.92 Å². The predicted octanol–water partition coefficient (Wildman–Crippen LogP) is 6.19. The summed E-state index contributed by atoms with van der Waals surface area (Å²) in [6, 6.07) is 13.5. The maximum atomic E-state index is 11.2. The average molecular weight is 429 g/mol. The van der Waals surface area contributed by atoms with Gasteiger partial charge in [0.25, 0.3) is 0 Å². The zero-order valence-electron chi connectivity index (χ0n) is 17.7. The van der Waals surface area contributed by atoms with Gasteiger partial charge in [-0.3, -0.25) is 4.79 Å². The van der Waals surface area contributed by atoms with Crippen LogP contribution in [0.2, 0.25) is 5.02 Å². The molecule has 160 valence electrons. The molecule has 0 spiro atoms. The highest BCUT2D eigenvalue weighted by Crippen LogP contribution is 2.48. The third-order valence-corrected chi connectivity index (χ3v) is 6.02. The lowest BCUT2D eigenvalue weighted by Crippen LogP contribution is -2.34. The fourth-order valence-corrected chi connectivity index (χ4v) is 4.39. The van der Waals surface area contributed by atoms with Gasteiger partial charge in [0, 0.05) is 22.4 Å². The largest absolute Gasteiger partial charge is 0.493 e. The summed E-state index contributed by atoms with van der Waals surface area (Å²) >= 11 is 6.07. The molecule has 0 aromatic heterocycles. The summed E-state index contributed by atoms with van der Waals surface area (Å²) in [6.45, 7) is 10.8. The summed E-state index contributed by atoms with van der Waals surface area (Å²) in [4.78, 5) is 11.2. The van der Waals surface area contributed by atoms with Crippen LogP contribution >= 0.6 is 11.6 Å². The summed E-state index contributed by atoms with van der Waals surface area (Å²) in [6.07, 6.45) is 0.588. The molecule has 2 aromatic carbocycles. The second-order valence-electron chi connectivity index (χ2n) is 7.98. The highest BCUT2D eigenvalue weighted by molar-refractivity contribution is 6.30. The van der Waals surface area contributed by atoms with Crippen LogP contribution in [0.3, 0.4) is 0 Å². The fraction of sp³-hybridized carbons (Fsp3) is 0.400. The third-order valence-electron chi connectivity index (χ3n) is 5.77. The Morgan fingerprint density at radius 1 is 1.27 bits per heavy atom. The molecule has 30 heavy (non-hydrogen) atoms. The first-order chi connectivity index (χ1) is 14.3. The van der Waals surface area contributed by atoms with Crippen molar-refractivity contribution in [1.82, 2.24) is 0 Å². The SMILES string of the molecule is C=C(C)[C@H]1C[C@@H](c2ccc(Cl)cc2)[C@H](C)O[C@@H]1c1cc(CC(=O)O)ccc1OCC. The van der Waals surface area contributed by atoms with Crippen molar-refractivity contribution >= 4 is 17.6 Å². The van der Waals surface area contributed by atoms with Crippen LogP contribution in [0.25, 0.3) is 0 Å². The molecule has 1 saturated heterocycles. The molecular formula is C25H29ClO4. The molecule has 1 aliphatic heterocycles. The van der Waals surface area contributed by atoms with E-state index in [-0.39, 0.29) is 30.5 Å². The summed E-state index contributed by atoms with van der Waals surface area (Å²) < 4.78 is 12.4. The van der Waals surface area contributed by atoms with Crippen molar-refractivity contribution in [1.29, 1.82) is 0 Å². The maximum absolute atomic E-state index is 11.2. The van der Waals surface area contributed by atoms with Crippen LogP contribution in [0.15, 0.2) is 54.6 Å². The van der Waals surface area contributed by atoms with Gasteiger partial charge in [-0.1, -0.05) is 42.0 Å². The molecule has 0 unspecified atom stereocenters. The molecule has 1 heterocycles. The van der Waals surface area contributed by atoms with E-state index in [0.29, 0.717) is 11.6 Å². The quantitative estimate of drug-likeness (QED) is 0.534. The van der Waals surface area contributed by atoms with Crippen LogP contribution in [0, 0.1) is 5.92 Å². The molecule has 0 amide bonds. The molecular weight excluding hydrogens is 400 g/mol. The number of benzene rings is 2. The van der Waals surface area contributed by atoms with Gasteiger partial charge in [-0.05, 0) is 62.6 Å². The normalized spacial score (nSPS) is 23.7. The van der Waals surface area contributed by atoms with Gasteiger partial charge in [0.05, 0.1) is 25.2 Å². The number of hydrogen-bond donors (Lipinski definition) is 1. The van der Waals surface area contributed by atoms with Gasteiger partial charge in [-0.15, -0.1) is 0 Å². The van der Waals surface area contributed by atoms with Crippen molar-refractivity contribution in [3.05, 3.63) is 76.3 Å². The molecule has 3 rings (SSSR count). The van der Waals surface area contributed by atoms with Gasteiger partial charge in [0.2, 0.25) is 0 Å². The zero-order chi connectivity index (χ0) is 21.8. The Bertz CT molecular complexity index is 906. The summed E-state index contributed by atoms with van der Waals surface area (Å²) in [7, 11) is 0. The van der Waals surface area contributed by atoms with E-state index in [4.69, 9.17) is 21.1 Å². The van der Waals surface area contributed by atoms with Gasteiger partial charge < -0.3 is 14.6 Å². The molecule has 1 fully saturated rings.